The van der Waals surface area contributed by atoms with Crippen LogP contribution in [0.5, 0.6) is 0 Å². The summed E-state index contributed by atoms with van der Waals surface area (Å²) in [7, 11) is 0. The van der Waals surface area contributed by atoms with Gasteiger partial charge in [-0.15, -0.1) is 0 Å². The first-order valence-corrected chi connectivity index (χ1v) is 8.37. The summed E-state index contributed by atoms with van der Waals surface area (Å²) in [5.41, 5.74) is 2.22. The zero-order chi connectivity index (χ0) is 19.4. The van der Waals surface area contributed by atoms with E-state index in [1.54, 1.807) is 18.2 Å². The highest BCUT2D eigenvalue weighted by molar-refractivity contribution is 7.80. The lowest BCUT2D eigenvalue weighted by atomic mass is 10.1. The van der Waals surface area contributed by atoms with E-state index in [2.05, 4.69) is 10.6 Å². The number of furan rings is 1. The number of rotatable bonds is 4. The van der Waals surface area contributed by atoms with E-state index in [0.717, 1.165) is 11.3 Å². The molecular formula is C19H15N3O4S. The van der Waals surface area contributed by atoms with Crippen molar-refractivity contribution in [3.05, 3.63) is 82.1 Å². The highest BCUT2D eigenvalue weighted by Crippen LogP contribution is 2.25. The monoisotopic (exact) mass is 381 g/mol. The van der Waals surface area contributed by atoms with E-state index in [-0.39, 0.29) is 16.6 Å². The maximum Gasteiger partial charge on any atom is 0.293 e. The van der Waals surface area contributed by atoms with E-state index in [1.165, 1.54) is 18.2 Å². The van der Waals surface area contributed by atoms with E-state index in [0.29, 0.717) is 11.3 Å². The van der Waals surface area contributed by atoms with E-state index >= 15 is 0 Å². The highest BCUT2D eigenvalue weighted by Gasteiger charge is 2.15. The van der Waals surface area contributed by atoms with Crippen LogP contribution in [-0.2, 0) is 0 Å². The second-order valence-corrected chi connectivity index (χ2v) is 6.10. The van der Waals surface area contributed by atoms with Crippen molar-refractivity contribution in [2.45, 2.75) is 6.92 Å². The number of nitro benzene ring substituents is 1. The summed E-state index contributed by atoms with van der Waals surface area (Å²) in [5.74, 6) is -0.121. The van der Waals surface area contributed by atoms with Crippen LogP contribution in [0, 0.1) is 17.0 Å². The molecule has 0 atom stereocenters. The van der Waals surface area contributed by atoms with Crippen LogP contribution in [0.15, 0.2) is 65.1 Å². The molecule has 136 valence electrons. The van der Waals surface area contributed by atoms with Gasteiger partial charge >= 0.3 is 0 Å². The van der Waals surface area contributed by atoms with E-state index in [9.17, 15) is 14.9 Å². The fourth-order valence-electron chi connectivity index (χ4n) is 2.42. The topological polar surface area (TPSA) is 97.4 Å². The van der Waals surface area contributed by atoms with Crippen LogP contribution in [0.2, 0.25) is 0 Å². The third-order valence-electron chi connectivity index (χ3n) is 3.79. The standard InChI is InChI=1S/C19H15N3O4S/c1-12-5-2-3-8-15(12)20-19(27)21-18(23)17-10-9-16(26-17)13-6-4-7-14(11-13)22(24)25/h2-11H,1H3,(H2,20,21,23,27). The molecule has 1 heterocycles. The Labute approximate surface area is 160 Å². The minimum absolute atomic E-state index is 0.0467. The minimum Gasteiger partial charge on any atom is -0.451 e. The van der Waals surface area contributed by atoms with Crippen molar-refractivity contribution in [2.24, 2.45) is 0 Å². The molecule has 0 saturated heterocycles. The number of anilines is 1. The van der Waals surface area contributed by atoms with Crippen LogP contribution < -0.4 is 10.6 Å². The SMILES string of the molecule is Cc1ccccc1NC(=S)NC(=O)c1ccc(-c2cccc([N+](=O)[O-])c2)o1. The van der Waals surface area contributed by atoms with Crippen molar-refractivity contribution in [3.8, 4) is 11.3 Å². The van der Waals surface area contributed by atoms with Crippen molar-refractivity contribution in [1.29, 1.82) is 0 Å². The van der Waals surface area contributed by atoms with Gasteiger partial charge in [0.25, 0.3) is 11.6 Å². The Bertz CT molecular complexity index is 1030. The summed E-state index contributed by atoms with van der Waals surface area (Å²) in [4.78, 5) is 22.7. The van der Waals surface area contributed by atoms with Crippen LogP contribution in [0.4, 0.5) is 11.4 Å². The molecule has 27 heavy (non-hydrogen) atoms. The average molecular weight is 381 g/mol. The largest absolute Gasteiger partial charge is 0.451 e. The lowest BCUT2D eigenvalue weighted by Crippen LogP contribution is -2.34. The lowest BCUT2D eigenvalue weighted by Gasteiger charge is -2.10. The Kier molecular flexibility index (Phi) is 5.28. The molecule has 8 heteroatoms. The first-order chi connectivity index (χ1) is 12.9. The van der Waals surface area contributed by atoms with Crippen LogP contribution in [0.25, 0.3) is 11.3 Å². The van der Waals surface area contributed by atoms with Gasteiger partial charge in [-0.2, -0.15) is 0 Å². The van der Waals surface area contributed by atoms with Gasteiger partial charge in [-0.1, -0.05) is 30.3 Å². The number of hydrogen-bond donors (Lipinski definition) is 2. The molecule has 0 aliphatic heterocycles. The first-order valence-electron chi connectivity index (χ1n) is 7.96. The molecule has 0 aliphatic rings. The Morgan fingerprint density at radius 2 is 1.89 bits per heavy atom. The van der Waals surface area contributed by atoms with Gasteiger partial charge in [-0.25, -0.2) is 0 Å². The number of amides is 1. The van der Waals surface area contributed by atoms with Gasteiger partial charge in [0.1, 0.15) is 5.76 Å². The Morgan fingerprint density at radius 3 is 2.63 bits per heavy atom. The Balaban J connectivity index is 1.70. The number of thiocarbonyl (C=S) groups is 1. The van der Waals surface area contributed by atoms with Gasteiger partial charge in [-0.3, -0.25) is 20.2 Å². The second-order valence-electron chi connectivity index (χ2n) is 5.69. The molecule has 0 saturated carbocycles. The maximum absolute atomic E-state index is 12.3. The quantitative estimate of drug-likeness (QED) is 0.397. The summed E-state index contributed by atoms with van der Waals surface area (Å²) >= 11 is 5.16. The molecule has 0 aliphatic carbocycles. The molecule has 0 bridgehead atoms. The Morgan fingerprint density at radius 1 is 1.11 bits per heavy atom. The number of nitro groups is 1. The fourth-order valence-corrected chi connectivity index (χ4v) is 2.62. The average Bonchev–Trinajstić information content (AvgIpc) is 3.14. The molecule has 3 rings (SSSR count). The van der Waals surface area contributed by atoms with Gasteiger partial charge < -0.3 is 9.73 Å². The summed E-state index contributed by atoms with van der Waals surface area (Å²) in [6.07, 6.45) is 0. The number of carbonyl (C=O) groups excluding carboxylic acids is 1. The van der Waals surface area contributed by atoms with Gasteiger partial charge in [0.2, 0.25) is 0 Å². The smallest absolute Gasteiger partial charge is 0.293 e. The molecule has 2 aromatic carbocycles. The van der Waals surface area contributed by atoms with Crippen LogP contribution >= 0.6 is 12.2 Å². The molecular weight excluding hydrogens is 366 g/mol. The van der Waals surface area contributed by atoms with Crippen LogP contribution in [0.1, 0.15) is 16.1 Å². The molecule has 2 N–H and O–H groups in total. The van der Waals surface area contributed by atoms with Gasteiger partial charge in [0, 0.05) is 23.4 Å². The molecule has 1 amide bonds. The first kappa shape index (κ1) is 18.3. The Hall–Kier alpha value is -3.52. The van der Waals surface area contributed by atoms with Crippen LogP contribution in [-0.4, -0.2) is 15.9 Å². The number of non-ortho nitro benzene ring substituents is 1. The van der Waals surface area contributed by atoms with E-state index in [1.807, 2.05) is 31.2 Å². The van der Waals surface area contributed by atoms with Crippen molar-refractivity contribution >= 4 is 34.6 Å². The predicted molar refractivity (Wildman–Crippen MR) is 106 cm³/mol. The number of para-hydroxylation sites is 1. The van der Waals surface area contributed by atoms with Crippen molar-refractivity contribution < 1.29 is 14.1 Å². The molecule has 0 fully saturated rings. The second kappa shape index (κ2) is 7.79. The molecule has 0 spiro atoms. The minimum atomic E-state index is -0.516. The van der Waals surface area contributed by atoms with Gasteiger partial charge in [0.15, 0.2) is 10.9 Å². The fraction of sp³-hybridized carbons (Fsp3) is 0.0526. The van der Waals surface area contributed by atoms with E-state index < -0.39 is 10.8 Å². The zero-order valence-electron chi connectivity index (χ0n) is 14.3. The molecule has 3 aromatic rings. The van der Waals surface area contributed by atoms with Crippen LogP contribution in [0.3, 0.4) is 0 Å². The third-order valence-corrected chi connectivity index (χ3v) is 4.00. The molecule has 7 nitrogen and oxygen atoms in total. The number of aryl methyl sites for hydroxylation is 1. The highest BCUT2D eigenvalue weighted by atomic mass is 32.1. The van der Waals surface area contributed by atoms with Gasteiger partial charge in [-0.05, 0) is 42.9 Å². The zero-order valence-corrected chi connectivity index (χ0v) is 15.1. The van der Waals surface area contributed by atoms with Crippen molar-refractivity contribution in [2.75, 3.05) is 5.32 Å². The van der Waals surface area contributed by atoms with Crippen molar-refractivity contribution in [1.82, 2.24) is 5.32 Å². The number of carbonyl (C=O) groups is 1. The maximum atomic E-state index is 12.3. The summed E-state index contributed by atoms with van der Waals surface area (Å²) in [6.45, 7) is 1.92. The number of benzene rings is 2. The normalized spacial score (nSPS) is 10.3. The molecule has 0 radical (unpaired) electrons. The summed E-state index contributed by atoms with van der Waals surface area (Å²) in [5, 5.41) is 16.5. The summed E-state index contributed by atoms with van der Waals surface area (Å²) in [6, 6.07) is 16.6. The number of hydrogen-bond acceptors (Lipinski definition) is 5. The molecule has 1 aromatic heterocycles. The van der Waals surface area contributed by atoms with E-state index in [4.69, 9.17) is 16.6 Å². The molecule has 0 unspecified atom stereocenters. The number of nitrogens with one attached hydrogen (secondary N) is 2. The lowest BCUT2D eigenvalue weighted by molar-refractivity contribution is -0.384. The van der Waals surface area contributed by atoms with Gasteiger partial charge in [0.05, 0.1) is 4.92 Å². The predicted octanol–water partition coefficient (Wildman–Crippen LogP) is 4.29. The van der Waals surface area contributed by atoms with Crippen molar-refractivity contribution in [3.63, 3.8) is 0 Å². The third kappa shape index (κ3) is 4.36. The number of nitrogens with zero attached hydrogens (tertiary/aromatic N) is 1. The summed E-state index contributed by atoms with van der Waals surface area (Å²) < 4.78 is 5.52.